The van der Waals surface area contributed by atoms with Crippen molar-refractivity contribution in [1.29, 1.82) is 0 Å². The lowest BCUT2D eigenvalue weighted by atomic mass is 10.1. The molecule has 0 aromatic heterocycles. The highest BCUT2D eigenvalue weighted by Crippen LogP contribution is 2.37. The third-order valence-electron chi connectivity index (χ3n) is 4.17. The van der Waals surface area contributed by atoms with Crippen LogP contribution in [0.1, 0.15) is 28.4 Å². The minimum atomic E-state index is 0.0701. The van der Waals surface area contributed by atoms with Crippen molar-refractivity contribution in [1.82, 2.24) is 0 Å². The molecule has 1 aliphatic rings. The minimum Gasteiger partial charge on any atom is -0.295 e. The maximum absolute atomic E-state index is 11.4. The van der Waals surface area contributed by atoms with E-state index in [-0.39, 0.29) is 5.78 Å². The normalized spacial score (nSPS) is 11.8. The van der Waals surface area contributed by atoms with E-state index in [9.17, 15) is 4.79 Å². The zero-order valence-corrected chi connectivity index (χ0v) is 12.8. The first kappa shape index (κ1) is 13.6. The van der Waals surface area contributed by atoms with Crippen LogP contribution < -0.4 is 0 Å². The largest absolute Gasteiger partial charge is 0.295 e. The molecule has 0 heterocycles. The van der Waals surface area contributed by atoms with E-state index in [4.69, 9.17) is 4.99 Å². The number of carbonyl (C=O) groups is 1. The van der Waals surface area contributed by atoms with Gasteiger partial charge in [-0.05, 0) is 42.3 Å². The summed E-state index contributed by atoms with van der Waals surface area (Å²) in [6, 6.07) is 24.1. The molecule has 0 saturated heterocycles. The number of hydrogen-bond acceptors (Lipinski definition) is 2. The number of nitrogens with zero attached hydrogens (tertiary/aromatic N) is 1. The lowest BCUT2D eigenvalue weighted by molar-refractivity contribution is 0.101. The van der Waals surface area contributed by atoms with Gasteiger partial charge in [0.15, 0.2) is 5.78 Å². The lowest BCUT2D eigenvalue weighted by Gasteiger charge is -2.03. The summed E-state index contributed by atoms with van der Waals surface area (Å²) in [5, 5.41) is 0. The summed E-state index contributed by atoms with van der Waals surface area (Å²) in [7, 11) is 0. The molecule has 0 fully saturated rings. The number of hydrogen-bond donors (Lipinski definition) is 0. The fourth-order valence-electron chi connectivity index (χ4n) is 3.01. The van der Waals surface area contributed by atoms with Gasteiger partial charge in [0.1, 0.15) is 0 Å². The third-order valence-corrected chi connectivity index (χ3v) is 4.17. The van der Waals surface area contributed by atoms with Gasteiger partial charge in [0.2, 0.25) is 0 Å². The minimum absolute atomic E-state index is 0.0701. The average molecular weight is 297 g/mol. The SMILES string of the molecule is CC(=O)c1ccc(N=C2c3ccccc3-c3ccccc32)cc1. The lowest BCUT2D eigenvalue weighted by Crippen LogP contribution is -1.97. The number of rotatable bonds is 2. The van der Waals surface area contributed by atoms with E-state index in [2.05, 4.69) is 36.4 Å². The molecule has 4 rings (SSSR count). The Morgan fingerprint density at radius 1 is 0.696 bits per heavy atom. The maximum Gasteiger partial charge on any atom is 0.159 e. The van der Waals surface area contributed by atoms with Crippen molar-refractivity contribution >= 4 is 17.2 Å². The summed E-state index contributed by atoms with van der Waals surface area (Å²) >= 11 is 0. The van der Waals surface area contributed by atoms with Crippen LogP contribution in [0.2, 0.25) is 0 Å². The molecule has 0 radical (unpaired) electrons. The van der Waals surface area contributed by atoms with Gasteiger partial charge < -0.3 is 0 Å². The number of Topliss-reactive ketones (excluding diaryl/α,β-unsaturated/α-hetero) is 1. The Bertz CT molecular complexity index is 889. The molecule has 0 atom stereocenters. The fraction of sp³-hybridized carbons (Fsp3) is 0.0476. The molecule has 3 aromatic rings. The number of fused-ring (bicyclic) bond motifs is 3. The van der Waals surface area contributed by atoms with E-state index in [0.29, 0.717) is 5.56 Å². The summed E-state index contributed by atoms with van der Waals surface area (Å²) in [5.74, 6) is 0.0701. The fourth-order valence-corrected chi connectivity index (χ4v) is 3.01. The van der Waals surface area contributed by atoms with Gasteiger partial charge in [-0.25, -0.2) is 4.99 Å². The summed E-state index contributed by atoms with van der Waals surface area (Å²) in [6.45, 7) is 1.57. The number of benzene rings is 3. The second kappa shape index (κ2) is 5.33. The van der Waals surface area contributed by atoms with E-state index in [1.54, 1.807) is 6.92 Å². The van der Waals surface area contributed by atoms with Gasteiger partial charge in [0, 0.05) is 16.7 Å². The summed E-state index contributed by atoms with van der Waals surface area (Å²) in [6.07, 6.45) is 0. The molecule has 0 N–H and O–H groups in total. The van der Waals surface area contributed by atoms with Crippen LogP contribution in [0.5, 0.6) is 0 Å². The van der Waals surface area contributed by atoms with Gasteiger partial charge in [0.25, 0.3) is 0 Å². The van der Waals surface area contributed by atoms with E-state index < -0.39 is 0 Å². The van der Waals surface area contributed by atoms with E-state index in [0.717, 1.165) is 22.5 Å². The number of ketones is 1. The highest BCUT2D eigenvalue weighted by molar-refractivity contribution is 6.25. The zero-order valence-electron chi connectivity index (χ0n) is 12.8. The molecule has 0 aliphatic heterocycles. The van der Waals surface area contributed by atoms with Crippen molar-refractivity contribution in [2.24, 2.45) is 4.99 Å². The molecule has 0 spiro atoms. The predicted molar refractivity (Wildman–Crippen MR) is 93.6 cm³/mol. The van der Waals surface area contributed by atoms with Gasteiger partial charge >= 0.3 is 0 Å². The van der Waals surface area contributed by atoms with Crippen LogP contribution in [0, 0.1) is 0 Å². The van der Waals surface area contributed by atoms with E-state index in [1.807, 2.05) is 36.4 Å². The van der Waals surface area contributed by atoms with Gasteiger partial charge in [-0.2, -0.15) is 0 Å². The highest BCUT2D eigenvalue weighted by Gasteiger charge is 2.23. The molecule has 2 nitrogen and oxygen atoms in total. The molecular weight excluding hydrogens is 282 g/mol. The molecule has 0 saturated carbocycles. The Balaban J connectivity index is 1.86. The quantitative estimate of drug-likeness (QED) is 0.477. The van der Waals surface area contributed by atoms with Crippen molar-refractivity contribution in [3.63, 3.8) is 0 Å². The van der Waals surface area contributed by atoms with Crippen molar-refractivity contribution in [2.45, 2.75) is 6.92 Å². The van der Waals surface area contributed by atoms with E-state index in [1.165, 1.54) is 11.1 Å². The molecule has 23 heavy (non-hydrogen) atoms. The van der Waals surface area contributed by atoms with Crippen LogP contribution in [-0.2, 0) is 0 Å². The van der Waals surface area contributed by atoms with Crippen molar-refractivity contribution in [3.05, 3.63) is 89.5 Å². The van der Waals surface area contributed by atoms with Crippen LogP contribution in [0.25, 0.3) is 11.1 Å². The first-order valence-corrected chi connectivity index (χ1v) is 7.63. The monoisotopic (exact) mass is 297 g/mol. The molecule has 110 valence electrons. The Hall–Kier alpha value is -3.00. The van der Waals surface area contributed by atoms with Crippen LogP contribution in [0.3, 0.4) is 0 Å². The summed E-state index contributed by atoms with van der Waals surface area (Å²) < 4.78 is 0. The highest BCUT2D eigenvalue weighted by atomic mass is 16.1. The Morgan fingerprint density at radius 3 is 1.65 bits per heavy atom. The second-order valence-corrected chi connectivity index (χ2v) is 5.65. The smallest absolute Gasteiger partial charge is 0.159 e. The molecule has 3 aromatic carbocycles. The van der Waals surface area contributed by atoms with Gasteiger partial charge in [-0.1, -0.05) is 48.5 Å². The van der Waals surface area contributed by atoms with Crippen LogP contribution in [0.15, 0.2) is 77.8 Å². The standard InChI is InChI=1S/C21H15NO/c1-14(23)15-10-12-16(13-11-15)22-21-19-8-4-2-6-17(19)18-7-3-5-9-20(18)21/h2-13H,1H3. The Morgan fingerprint density at radius 2 is 1.17 bits per heavy atom. The second-order valence-electron chi connectivity index (χ2n) is 5.65. The predicted octanol–water partition coefficient (Wildman–Crippen LogP) is 5.04. The van der Waals surface area contributed by atoms with Gasteiger partial charge in [-0.15, -0.1) is 0 Å². The zero-order chi connectivity index (χ0) is 15.8. The molecule has 1 aliphatic carbocycles. The van der Waals surface area contributed by atoms with E-state index >= 15 is 0 Å². The number of aliphatic imine (C=N–C) groups is 1. The van der Waals surface area contributed by atoms with Crippen LogP contribution in [-0.4, -0.2) is 11.5 Å². The van der Waals surface area contributed by atoms with Crippen LogP contribution in [0.4, 0.5) is 5.69 Å². The summed E-state index contributed by atoms with van der Waals surface area (Å²) in [5.41, 5.74) is 7.32. The van der Waals surface area contributed by atoms with Gasteiger partial charge in [-0.3, -0.25) is 4.79 Å². The first-order chi connectivity index (χ1) is 11.2. The molecule has 0 bridgehead atoms. The summed E-state index contributed by atoms with van der Waals surface area (Å²) in [4.78, 5) is 16.2. The van der Waals surface area contributed by atoms with Crippen LogP contribution >= 0.6 is 0 Å². The molecule has 0 amide bonds. The Labute approximate surface area is 135 Å². The van der Waals surface area contributed by atoms with Crippen molar-refractivity contribution in [2.75, 3.05) is 0 Å². The van der Waals surface area contributed by atoms with Crippen molar-refractivity contribution < 1.29 is 4.79 Å². The van der Waals surface area contributed by atoms with Crippen molar-refractivity contribution in [3.8, 4) is 11.1 Å². The topological polar surface area (TPSA) is 29.4 Å². The molecular formula is C21H15NO. The number of carbonyl (C=O) groups excluding carboxylic acids is 1. The van der Waals surface area contributed by atoms with Gasteiger partial charge in [0.05, 0.1) is 11.4 Å². The molecule has 0 unspecified atom stereocenters. The maximum atomic E-state index is 11.4. The first-order valence-electron chi connectivity index (χ1n) is 7.63. The average Bonchev–Trinajstić information content (AvgIpc) is 2.90. The molecule has 2 heteroatoms. The third kappa shape index (κ3) is 2.29. The Kier molecular flexibility index (Phi) is 3.16.